The molecule has 1 aliphatic carbocycles. The molecule has 1 saturated carbocycles. The third kappa shape index (κ3) is 3.94. The number of rotatable bonds is 5. The number of nitrogens with zero attached hydrogens (tertiary/aromatic N) is 2. The number of hydrogen-bond donors (Lipinski definition) is 1. The van der Waals surface area contributed by atoms with E-state index in [1.54, 1.807) is 6.07 Å². The molecule has 0 spiro atoms. The maximum absolute atomic E-state index is 12.9. The van der Waals surface area contributed by atoms with Gasteiger partial charge in [-0.25, -0.2) is 0 Å². The number of aromatic nitrogens is 2. The molecule has 1 N–H and O–H groups in total. The van der Waals surface area contributed by atoms with Crippen molar-refractivity contribution in [1.82, 2.24) is 15.5 Å². The summed E-state index contributed by atoms with van der Waals surface area (Å²) in [6.07, 6.45) is 3.53. The highest BCUT2D eigenvalue weighted by Gasteiger charge is 2.42. The molecule has 0 saturated heterocycles. The third-order valence-corrected chi connectivity index (χ3v) is 5.11. The predicted octanol–water partition coefficient (Wildman–Crippen LogP) is 2.46. The molecule has 2 unspecified atom stereocenters. The molecular formula is C21H23N3O3. The van der Waals surface area contributed by atoms with Crippen LogP contribution in [0.5, 0.6) is 0 Å². The van der Waals surface area contributed by atoms with Crippen LogP contribution >= 0.6 is 0 Å². The van der Waals surface area contributed by atoms with Crippen LogP contribution in [-0.4, -0.2) is 34.2 Å². The highest BCUT2D eigenvalue weighted by molar-refractivity contribution is 6.15. The van der Waals surface area contributed by atoms with Crippen LogP contribution in [0.3, 0.4) is 0 Å². The van der Waals surface area contributed by atoms with E-state index in [1.165, 1.54) is 12.4 Å². The lowest BCUT2D eigenvalue weighted by Crippen LogP contribution is -2.27. The second-order valence-corrected chi connectivity index (χ2v) is 7.19. The fourth-order valence-corrected chi connectivity index (χ4v) is 3.94. The van der Waals surface area contributed by atoms with E-state index in [2.05, 4.69) is 15.5 Å². The zero-order valence-electron chi connectivity index (χ0n) is 15.8. The van der Waals surface area contributed by atoms with Crippen molar-refractivity contribution in [3.8, 4) is 0 Å². The molecule has 6 nitrogen and oxygen atoms in total. The summed E-state index contributed by atoms with van der Waals surface area (Å²) in [6, 6.07) is 5.60. The van der Waals surface area contributed by atoms with E-state index in [-0.39, 0.29) is 29.8 Å². The molecule has 140 valence electrons. The quantitative estimate of drug-likeness (QED) is 0.822. The lowest BCUT2D eigenvalue weighted by Gasteiger charge is -2.16. The van der Waals surface area contributed by atoms with Crippen LogP contribution < -0.4 is 5.32 Å². The van der Waals surface area contributed by atoms with Crippen LogP contribution in [0.25, 0.3) is 0 Å². The van der Waals surface area contributed by atoms with Crippen LogP contribution in [0.2, 0.25) is 0 Å². The molecule has 1 aromatic heterocycles. The predicted molar refractivity (Wildman–Crippen MR) is 100 cm³/mol. The van der Waals surface area contributed by atoms with Crippen molar-refractivity contribution >= 4 is 17.5 Å². The van der Waals surface area contributed by atoms with Gasteiger partial charge in [-0.1, -0.05) is 17.7 Å². The molecule has 0 radical (unpaired) electrons. The first-order valence-corrected chi connectivity index (χ1v) is 9.07. The monoisotopic (exact) mass is 365 g/mol. The van der Waals surface area contributed by atoms with Crippen LogP contribution in [0.15, 0.2) is 30.6 Å². The smallest absolute Gasteiger partial charge is 0.252 e. The summed E-state index contributed by atoms with van der Waals surface area (Å²) >= 11 is 0. The van der Waals surface area contributed by atoms with Gasteiger partial charge in [0.1, 0.15) is 11.7 Å². The van der Waals surface area contributed by atoms with Gasteiger partial charge < -0.3 is 5.32 Å². The summed E-state index contributed by atoms with van der Waals surface area (Å²) in [7, 11) is 0. The fraction of sp³-hybridized carbons (Fsp3) is 0.381. The minimum Gasteiger partial charge on any atom is -0.352 e. The van der Waals surface area contributed by atoms with Gasteiger partial charge in [0.15, 0.2) is 5.78 Å². The van der Waals surface area contributed by atoms with Gasteiger partial charge in [-0.2, -0.15) is 10.2 Å². The summed E-state index contributed by atoms with van der Waals surface area (Å²) in [5.74, 6) is -1.34. The molecule has 1 fully saturated rings. The molecule has 0 bridgehead atoms. The normalized spacial score (nSPS) is 19.4. The molecule has 1 heterocycles. The topological polar surface area (TPSA) is 89.0 Å². The average molecular weight is 365 g/mol. The van der Waals surface area contributed by atoms with Gasteiger partial charge >= 0.3 is 0 Å². The summed E-state index contributed by atoms with van der Waals surface area (Å²) in [6.45, 7) is 6.24. The lowest BCUT2D eigenvalue weighted by atomic mass is 9.86. The minimum atomic E-state index is -0.671. The Kier molecular flexibility index (Phi) is 5.44. The highest BCUT2D eigenvalue weighted by atomic mass is 16.2. The molecule has 0 aliphatic heterocycles. The number of Topliss-reactive ketones (excluding diaryl/α,β-unsaturated/α-hetero) is 2. The highest BCUT2D eigenvalue weighted by Crippen LogP contribution is 2.37. The standard InChI is InChI=1S/C21H23N3O3/c1-12-8-13(2)18(14(3)9-12)19-17(25)10-15(20(19)26)4-6-22-21(27)16-5-7-23-24-11-16/h5,7-9,11,15,19H,4,6,10H2,1-3H3,(H,22,27). The molecule has 3 rings (SSSR count). The van der Waals surface area contributed by atoms with Crippen molar-refractivity contribution in [3.63, 3.8) is 0 Å². The zero-order valence-corrected chi connectivity index (χ0v) is 15.8. The first kappa shape index (κ1) is 18.9. The zero-order chi connectivity index (χ0) is 19.6. The van der Waals surface area contributed by atoms with Gasteiger partial charge in [0.2, 0.25) is 0 Å². The molecule has 27 heavy (non-hydrogen) atoms. The maximum atomic E-state index is 12.9. The van der Waals surface area contributed by atoms with Crippen LogP contribution in [0.1, 0.15) is 51.4 Å². The van der Waals surface area contributed by atoms with Crippen molar-refractivity contribution < 1.29 is 14.4 Å². The van der Waals surface area contributed by atoms with Crippen LogP contribution in [-0.2, 0) is 9.59 Å². The molecule has 1 aromatic carbocycles. The Balaban J connectivity index is 1.66. The summed E-state index contributed by atoms with van der Waals surface area (Å²) < 4.78 is 0. The number of benzene rings is 1. The van der Waals surface area contributed by atoms with Gasteiger partial charge in [0, 0.05) is 18.9 Å². The van der Waals surface area contributed by atoms with E-state index in [1.807, 2.05) is 32.9 Å². The SMILES string of the molecule is Cc1cc(C)c(C2C(=O)CC(CCNC(=O)c3ccnnc3)C2=O)c(C)c1. The lowest BCUT2D eigenvalue weighted by molar-refractivity contribution is -0.124. The minimum absolute atomic E-state index is 0.0234. The van der Waals surface area contributed by atoms with E-state index in [9.17, 15) is 14.4 Å². The number of carbonyl (C=O) groups excluding carboxylic acids is 3. The molecular weight excluding hydrogens is 342 g/mol. The fourth-order valence-electron chi connectivity index (χ4n) is 3.94. The van der Waals surface area contributed by atoms with E-state index >= 15 is 0 Å². The number of hydrogen-bond acceptors (Lipinski definition) is 5. The number of ketones is 2. The van der Waals surface area contributed by atoms with Gasteiger partial charge in [0.05, 0.1) is 18.0 Å². The second kappa shape index (κ2) is 7.78. The molecule has 1 aliphatic rings. The number of aryl methyl sites for hydroxylation is 3. The van der Waals surface area contributed by atoms with Gasteiger partial charge in [-0.3, -0.25) is 14.4 Å². The first-order valence-electron chi connectivity index (χ1n) is 9.07. The first-order chi connectivity index (χ1) is 12.9. The molecule has 1 amide bonds. The Bertz CT molecular complexity index is 870. The molecule has 2 aromatic rings. The molecule has 2 atom stereocenters. The number of nitrogens with one attached hydrogen (secondary N) is 1. The summed E-state index contributed by atoms with van der Waals surface area (Å²) in [5, 5.41) is 10.1. The maximum Gasteiger partial charge on any atom is 0.252 e. The Hall–Kier alpha value is -2.89. The number of amides is 1. The van der Waals surface area contributed by atoms with Crippen molar-refractivity contribution in [2.45, 2.75) is 39.5 Å². The van der Waals surface area contributed by atoms with Crippen LogP contribution in [0, 0.1) is 26.7 Å². The van der Waals surface area contributed by atoms with Gasteiger partial charge in [-0.05, 0) is 49.9 Å². The van der Waals surface area contributed by atoms with Gasteiger partial charge in [-0.15, -0.1) is 0 Å². The average Bonchev–Trinajstić information content (AvgIpc) is 2.89. The van der Waals surface area contributed by atoms with Crippen LogP contribution in [0.4, 0.5) is 0 Å². The Morgan fingerprint density at radius 1 is 1.15 bits per heavy atom. The largest absolute Gasteiger partial charge is 0.352 e. The third-order valence-electron chi connectivity index (χ3n) is 5.11. The molecule has 6 heteroatoms. The second-order valence-electron chi connectivity index (χ2n) is 7.19. The van der Waals surface area contributed by atoms with Crippen molar-refractivity contribution in [1.29, 1.82) is 0 Å². The summed E-state index contributed by atoms with van der Waals surface area (Å²) in [5.41, 5.74) is 4.36. The van der Waals surface area contributed by atoms with E-state index < -0.39 is 5.92 Å². The van der Waals surface area contributed by atoms with Gasteiger partial charge in [0.25, 0.3) is 5.91 Å². The van der Waals surface area contributed by atoms with Crippen molar-refractivity contribution in [3.05, 3.63) is 58.4 Å². The summed E-state index contributed by atoms with van der Waals surface area (Å²) in [4.78, 5) is 37.5. The van der Waals surface area contributed by atoms with E-state index in [4.69, 9.17) is 0 Å². The Morgan fingerprint density at radius 3 is 2.48 bits per heavy atom. The van der Waals surface area contributed by atoms with Crippen molar-refractivity contribution in [2.75, 3.05) is 6.54 Å². The Labute approximate surface area is 158 Å². The van der Waals surface area contributed by atoms with E-state index in [0.29, 0.717) is 18.5 Å². The number of carbonyl (C=O) groups is 3. The Morgan fingerprint density at radius 2 is 1.85 bits per heavy atom. The van der Waals surface area contributed by atoms with E-state index in [0.717, 1.165) is 22.3 Å². The van der Waals surface area contributed by atoms with Crippen molar-refractivity contribution in [2.24, 2.45) is 5.92 Å².